The van der Waals surface area contributed by atoms with Crippen LogP contribution in [0, 0.1) is 0 Å². The predicted molar refractivity (Wildman–Crippen MR) is 110 cm³/mol. The van der Waals surface area contributed by atoms with Crippen molar-refractivity contribution in [2.75, 3.05) is 5.32 Å². The van der Waals surface area contributed by atoms with E-state index in [-0.39, 0.29) is 10.7 Å². The van der Waals surface area contributed by atoms with Crippen molar-refractivity contribution in [3.05, 3.63) is 64.3 Å². The van der Waals surface area contributed by atoms with Gasteiger partial charge in [-0.15, -0.1) is 11.3 Å². The van der Waals surface area contributed by atoms with E-state index in [0.29, 0.717) is 5.13 Å². The van der Waals surface area contributed by atoms with Gasteiger partial charge in [0, 0.05) is 17.1 Å². The number of hydrogen-bond donors (Lipinski definition) is 1. The van der Waals surface area contributed by atoms with E-state index < -0.39 is 18.0 Å². The summed E-state index contributed by atoms with van der Waals surface area (Å²) in [5.41, 5.74) is 3.10. The molecule has 0 unspecified atom stereocenters. The van der Waals surface area contributed by atoms with Crippen LogP contribution in [0.5, 0.6) is 0 Å². The van der Waals surface area contributed by atoms with Crippen molar-refractivity contribution in [2.24, 2.45) is 0 Å². The van der Waals surface area contributed by atoms with Gasteiger partial charge in [-0.3, -0.25) is 10.1 Å². The molecule has 0 saturated carbocycles. The number of anilines is 1. The first-order chi connectivity index (χ1) is 13.5. The largest absolute Gasteiger partial charge is 0.449 e. The second-order valence-corrected chi connectivity index (χ2v) is 7.18. The van der Waals surface area contributed by atoms with Gasteiger partial charge in [0.25, 0.3) is 5.91 Å². The first-order valence-corrected chi connectivity index (χ1v) is 9.91. The van der Waals surface area contributed by atoms with Crippen molar-refractivity contribution in [1.82, 2.24) is 9.97 Å². The molecule has 6 nitrogen and oxygen atoms in total. The zero-order valence-corrected chi connectivity index (χ0v) is 16.9. The van der Waals surface area contributed by atoms with E-state index in [1.54, 1.807) is 6.07 Å². The van der Waals surface area contributed by atoms with Gasteiger partial charge in [-0.25, -0.2) is 14.8 Å². The number of ether oxygens (including phenoxy) is 1. The van der Waals surface area contributed by atoms with Gasteiger partial charge >= 0.3 is 5.97 Å². The normalized spacial score (nSPS) is 11.7. The van der Waals surface area contributed by atoms with Crippen molar-refractivity contribution in [3.8, 4) is 11.3 Å². The lowest BCUT2D eigenvalue weighted by Gasteiger charge is -2.12. The number of thiazole rings is 1. The molecular weight excluding hydrogens is 398 g/mol. The van der Waals surface area contributed by atoms with E-state index in [0.717, 1.165) is 17.7 Å². The zero-order valence-electron chi connectivity index (χ0n) is 15.3. The molecular formula is C20H18ClN3O3S. The Kier molecular flexibility index (Phi) is 6.38. The fourth-order valence-electron chi connectivity index (χ4n) is 2.40. The summed E-state index contributed by atoms with van der Waals surface area (Å²) in [7, 11) is 0. The van der Waals surface area contributed by atoms with Crippen LogP contribution in [0.25, 0.3) is 11.3 Å². The Balaban J connectivity index is 1.62. The summed E-state index contributed by atoms with van der Waals surface area (Å²) < 4.78 is 5.17. The third-order valence-electron chi connectivity index (χ3n) is 4.02. The zero-order chi connectivity index (χ0) is 20.1. The topological polar surface area (TPSA) is 81.2 Å². The molecule has 0 aliphatic rings. The van der Waals surface area contributed by atoms with Crippen molar-refractivity contribution in [3.63, 3.8) is 0 Å². The summed E-state index contributed by atoms with van der Waals surface area (Å²) in [5.74, 6) is -1.19. The van der Waals surface area contributed by atoms with E-state index >= 15 is 0 Å². The van der Waals surface area contributed by atoms with Crippen LogP contribution in [-0.2, 0) is 16.0 Å². The van der Waals surface area contributed by atoms with Crippen molar-refractivity contribution < 1.29 is 14.3 Å². The minimum Gasteiger partial charge on any atom is -0.449 e. The summed E-state index contributed by atoms with van der Waals surface area (Å²) in [4.78, 5) is 32.7. The Morgan fingerprint density at radius 1 is 1.25 bits per heavy atom. The van der Waals surface area contributed by atoms with Crippen LogP contribution in [0.2, 0.25) is 5.15 Å². The van der Waals surface area contributed by atoms with Crippen molar-refractivity contribution in [1.29, 1.82) is 0 Å². The Morgan fingerprint density at radius 2 is 2.00 bits per heavy atom. The fourth-order valence-corrected chi connectivity index (χ4v) is 3.32. The molecule has 1 N–H and O–H groups in total. The van der Waals surface area contributed by atoms with Gasteiger partial charge in [-0.2, -0.15) is 0 Å². The maximum Gasteiger partial charge on any atom is 0.342 e. The molecule has 0 aliphatic heterocycles. The van der Waals surface area contributed by atoms with E-state index in [2.05, 4.69) is 34.3 Å². The highest BCUT2D eigenvalue weighted by molar-refractivity contribution is 7.14. The second-order valence-electron chi connectivity index (χ2n) is 5.97. The summed E-state index contributed by atoms with van der Waals surface area (Å²) in [6, 6.07) is 11.2. The third-order valence-corrected chi connectivity index (χ3v) is 5.08. The molecule has 28 heavy (non-hydrogen) atoms. The first kappa shape index (κ1) is 20.0. The maximum absolute atomic E-state index is 12.3. The first-order valence-electron chi connectivity index (χ1n) is 8.65. The Labute approximate surface area is 171 Å². The van der Waals surface area contributed by atoms with Crippen LogP contribution in [0.4, 0.5) is 5.13 Å². The molecule has 3 rings (SSSR count). The molecule has 1 amide bonds. The van der Waals surface area contributed by atoms with Crippen molar-refractivity contribution >= 4 is 39.9 Å². The molecule has 2 aromatic heterocycles. The number of carbonyl (C=O) groups excluding carboxylic acids is 2. The molecule has 0 spiro atoms. The highest BCUT2D eigenvalue weighted by atomic mass is 35.5. The molecule has 0 radical (unpaired) electrons. The summed E-state index contributed by atoms with van der Waals surface area (Å²) in [6.07, 6.45) is 1.42. The Morgan fingerprint density at radius 3 is 2.68 bits per heavy atom. The quantitative estimate of drug-likeness (QED) is 0.469. The number of aromatic nitrogens is 2. The summed E-state index contributed by atoms with van der Waals surface area (Å²) in [6.45, 7) is 3.58. The number of benzene rings is 1. The van der Waals surface area contributed by atoms with E-state index in [9.17, 15) is 9.59 Å². The lowest BCUT2D eigenvalue weighted by atomic mass is 10.1. The smallest absolute Gasteiger partial charge is 0.342 e. The van der Waals surface area contributed by atoms with Crippen LogP contribution in [-0.4, -0.2) is 27.9 Å². The van der Waals surface area contributed by atoms with E-state index in [4.69, 9.17) is 16.3 Å². The number of rotatable bonds is 6. The number of nitrogens with zero attached hydrogens (tertiary/aromatic N) is 2. The molecule has 144 valence electrons. The van der Waals surface area contributed by atoms with Crippen LogP contribution >= 0.6 is 22.9 Å². The average molecular weight is 416 g/mol. The van der Waals surface area contributed by atoms with Gasteiger partial charge in [-0.05, 0) is 31.0 Å². The molecule has 8 heteroatoms. The fraction of sp³-hybridized carbons (Fsp3) is 0.200. The van der Waals surface area contributed by atoms with E-state index in [1.165, 1.54) is 36.1 Å². The maximum atomic E-state index is 12.3. The monoisotopic (exact) mass is 415 g/mol. The molecule has 0 aliphatic carbocycles. The van der Waals surface area contributed by atoms with Crippen LogP contribution in [0.1, 0.15) is 29.8 Å². The summed E-state index contributed by atoms with van der Waals surface area (Å²) in [5, 5.41) is 4.99. The number of esters is 1. The van der Waals surface area contributed by atoms with Gasteiger partial charge in [0.15, 0.2) is 11.2 Å². The number of carbonyl (C=O) groups is 2. The summed E-state index contributed by atoms with van der Waals surface area (Å²) >= 11 is 7.17. The number of amides is 1. The lowest BCUT2D eigenvalue weighted by molar-refractivity contribution is -0.123. The molecule has 0 bridgehead atoms. The number of nitrogens with one attached hydrogen (secondary N) is 1. The highest BCUT2D eigenvalue weighted by Gasteiger charge is 2.21. The van der Waals surface area contributed by atoms with Gasteiger partial charge in [0.2, 0.25) is 0 Å². The molecule has 2 heterocycles. The molecule has 1 atom stereocenters. The second kappa shape index (κ2) is 8.95. The molecule has 0 fully saturated rings. The predicted octanol–water partition coefficient (Wildman–Crippen LogP) is 4.60. The van der Waals surface area contributed by atoms with E-state index in [1.807, 2.05) is 17.5 Å². The average Bonchev–Trinajstić information content (AvgIpc) is 3.16. The number of pyridine rings is 1. The van der Waals surface area contributed by atoms with Gasteiger partial charge in [0.1, 0.15) is 5.15 Å². The number of hydrogen-bond acceptors (Lipinski definition) is 6. The standard InChI is InChI=1S/C20H18ClN3O3S/c1-3-13-6-8-14(9-7-13)16-11-28-20(23-16)24-18(25)12(2)27-19(26)15-5-4-10-22-17(15)21/h4-12H,3H2,1-2H3,(H,23,24,25)/t12-/m0/s1. The third kappa shape index (κ3) is 4.74. The van der Waals surface area contributed by atoms with Crippen LogP contribution < -0.4 is 5.32 Å². The molecule has 3 aromatic rings. The Hall–Kier alpha value is -2.77. The number of aryl methyl sites for hydroxylation is 1. The molecule has 1 aromatic carbocycles. The minimum absolute atomic E-state index is 0.0266. The van der Waals surface area contributed by atoms with Gasteiger partial charge < -0.3 is 4.74 Å². The van der Waals surface area contributed by atoms with Gasteiger partial charge in [0.05, 0.1) is 11.3 Å². The van der Waals surface area contributed by atoms with Gasteiger partial charge in [-0.1, -0.05) is 42.8 Å². The van der Waals surface area contributed by atoms with Crippen LogP contribution in [0.15, 0.2) is 48.0 Å². The van der Waals surface area contributed by atoms with Crippen molar-refractivity contribution in [2.45, 2.75) is 26.4 Å². The minimum atomic E-state index is -1.01. The lowest BCUT2D eigenvalue weighted by Crippen LogP contribution is -2.30. The highest BCUT2D eigenvalue weighted by Crippen LogP contribution is 2.25. The Bertz CT molecular complexity index is 988. The SMILES string of the molecule is CCc1ccc(-c2csc(NC(=O)[C@H](C)OC(=O)c3cccnc3Cl)n2)cc1. The number of halogens is 1. The van der Waals surface area contributed by atoms with Crippen LogP contribution in [0.3, 0.4) is 0 Å². The molecule has 0 saturated heterocycles.